The molecule has 1 amide bonds. The third kappa shape index (κ3) is 3.69. The number of rotatable bonds is 6. The van der Waals surface area contributed by atoms with E-state index in [9.17, 15) is 14.9 Å². The van der Waals surface area contributed by atoms with Crippen LogP contribution in [0, 0.1) is 10.1 Å². The largest absolute Gasteiger partial charge is 0.379 e. The number of nitro benzene ring substituents is 1. The van der Waals surface area contributed by atoms with Crippen molar-refractivity contribution in [1.82, 2.24) is 25.3 Å². The number of nitrogens with one attached hydrogen (secondary N) is 1. The molecule has 2 heterocycles. The smallest absolute Gasteiger partial charge is 0.270 e. The van der Waals surface area contributed by atoms with Crippen LogP contribution in [0.4, 0.5) is 11.5 Å². The van der Waals surface area contributed by atoms with Gasteiger partial charge in [-0.25, -0.2) is 15.0 Å². The van der Waals surface area contributed by atoms with Crippen molar-refractivity contribution in [2.45, 2.75) is 6.54 Å². The lowest BCUT2D eigenvalue weighted by atomic mass is 10.2. The van der Waals surface area contributed by atoms with Gasteiger partial charge in [-0.2, -0.15) is 5.10 Å². The molecule has 12 heteroatoms. The van der Waals surface area contributed by atoms with E-state index in [1.54, 1.807) is 22.8 Å². The molecule has 0 radical (unpaired) electrons. The van der Waals surface area contributed by atoms with E-state index in [-0.39, 0.29) is 23.7 Å². The lowest BCUT2D eigenvalue weighted by Crippen LogP contribution is -2.23. The molecule has 30 heavy (non-hydrogen) atoms. The number of aromatic nitrogens is 4. The second kappa shape index (κ2) is 7.79. The normalized spacial score (nSPS) is 11.2. The Morgan fingerprint density at radius 3 is 2.87 bits per heavy atom. The van der Waals surface area contributed by atoms with Crippen molar-refractivity contribution < 1.29 is 14.3 Å². The van der Waals surface area contributed by atoms with Crippen LogP contribution in [0.15, 0.2) is 58.3 Å². The first-order valence-corrected chi connectivity index (χ1v) is 8.63. The first-order chi connectivity index (χ1) is 14.5. The third-order valence-electron chi connectivity index (χ3n) is 4.17. The highest BCUT2D eigenvalue weighted by molar-refractivity contribution is 5.86. The number of nitro groups is 1. The molecular formula is C18H14N8O4. The van der Waals surface area contributed by atoms with Gasteiger partial charge in [0.1, 0.15) is 6.54 Å². The minimum atomic E-state index is -0.508. The number of nitrogen functional groups attached to an aromatic ring is 1. The summed E-state index contributed by atoms with van der Waals surface area (Å²) in [5, 5.41) is 22.0. The fourth-order valence-electron chi connectivity index (χ4n) is 2.84. The number of hydrogen-bond acceptors (Lipinski definition) is 9. The van der Waals surface area contributed by atoms with Gasteiger partial charge in [0.15, 0.2) is 17.3 Å². The van der Waals surface area contributed by atoms with Gasteiger partial charge >= 0.3 is 0 Å². The van der Waals surface area contributed by atoms with Gasteiger partial charge in [0.25, 0.3) is 11.6 Å². The standard InChI is InChI=1S/C18H14N8O4/c19-17-16(23-30-24-17)18-21-13-6-1-2-7-14(13)25(18)10-15(27)22-20-9-11-4-3-5-12(8-11)26(28)29/h1-9H,10H2,(H2,19,24)(H,22,27)/b20-9+. The zero-order valence-electron chi connectivity index (χ0n) is 15.3. The van der Waals surface area contributed by atoms with Gasteiger partial charge in [-0.05, 0) is 22.4 Å². The van der Waals surface area contributed by atoms with Crippen LogP contribution < -0.4 is 11.2 Å². The van der Waals surface area contributed by atoms with Crippen molar-refractivity contribution in [2.75, 3.05) is 5.73 Å². The fraction of sp³-hybridized carbons (Fsp3) is 0.0556. The number of non-ortho nitro benzene ring substituents is 1. The Morgan fingerprint density at radius 2 is 2.10 bits per heavy atom. The van der Waals surface area contributed by atoms with Crippen molar-refractivity contribution in [1.29, 1.82) is 0 Å². The quantitative estimate of drug-likeness (QED) is 0.277. The van der Waals surface area contributed by atoms with Gasteiger partial charge in [0, 0.05) is 17.7 Å². The second-order valence-corrected chi connectivity index (χ2v) is 6.15. The van der Waals surface area contributed by atoms with Crippen LogP contribution in [0.3, 0.4) is 0 Å². The molecule has 150 valence electrons. The Balaban J connectivity index is 1.55. The number of para-hydroxylation sites is 2. The molecule has 2 aromatic carbocycles. The summed E-state index contributed by atoms with van der Waals surface area (Å²) < 4.78 is 6.26. The molecule has 0 unspecified atom stereocenters. The topological polar surface area (TPSA) is 167 Å². The highest BCUT2D eigenvalue weighted by Gasteiger charge is 2.20. The van der Waals surface area contributed by atoms with Crippen molar-refractivity contribution in [3.05, 3.63) is 64.2 Å². The van der Waals surface area contributed by atoms with Gasteiger partial charge in [-0.1, -0.05) is 24.3 Å². The van der Waals surface area contributed by atoms with Crippen molar-refractivity contribution in [2.24, 2.45) is 5.10 Å². The summed E-state index contributed by atoms with van der Waals surface area (Å²) >= 11 is 0. The van der Waals surface area contributed by atoms with Crippen molar-refractivity contribution >= 4 is 34.7 Å². The van der Waals surface area contributed by atoms with Gasteiger partial charge in [-0.15, -0.1) is 0 Å². The predicted octanol–water partition coefficient (Wildman–Crippen LogP) is 1.73. The number of anilines is 1. The van der Waals surface area contributed by atoms with Crippen LogP contribution in [0.2, 0.25) is 0 Å². The maximum atomic E-state index is 12.5. The molecule has 3 N–H and O–H groups in total. The van der Waals surface area contributed by atoms with Gasteiger partial charge < -0.3 is 10.3 Å². The Hall–Kier alpha value is -4.61. The van der Waals surface area contributed by atoms with Crippen molar-refractivity contribution in [3.8, 4) is 11.5 Å². The second-order valence-electron chi connectivity index (χ2n) is 6.15. The summed E-state index contributed by atoms with van der Waals surface area (Å²) in [5.74, 6) is -0.0699. The molecule has 12 nitrogen and oxygen atoms in total. The number of hydrogen-bond donors (Lipinski definition) is 2. The van der Waals surface area contributed by atoms with E-state index in [4.69, 9.17) is 5.73 Å². The van der Waals surface area contributed by atoms with E-state index < -0.39 is 10.8 Å². The average molecular weight is 406 g/mol. The van der Waals surface area contributed by atoms with E-state index >= 15 is 0 Å². The van der Waals surface area contributed by atoms with Crippen LogP contribution >= 0.6 is 0 Å². The maximum absolute atomic E-state index is 12.5. The van der Waals surface area contributed by atoms with Crippen LogP contribution in [0.5, 0.6) is 0 Å². The Labute approximate surface area is 168 Å². The van der Waals surface area contributed by atoms with Crippen molar-refractivity contribution in [3.63, 3.8) is 0 Å². The molecule has 4 aromatic rings. The summed E-state index contributed by atoms with van der Waals surface area (Å²) in [6.45, 7) is -0.131. The minimum Gasteiger partial charge on any atom is -0.379 e. The van der Waals surface area contributed by atoms with Gasteiger partial charge in [0.2, 0.25) is 0 Å². The van der Waals surface area contributed by atoms with E-state index in [1.165, 1.54) is 24.4 Å². The number of benzene rings is 2. The Bertz CT molecular complexity index is 1280. The summed E-state index contributed by atoms with van der Waals surface area (Å²) in [4.78, 5) is 27.2. The first-order valence-electron chi connectivity index (χ1n) is 8.63. The molecule has 0 aliphatic rings. The highest BCUT2D eigenvalue weighted by Crippen LogP contribution is 2.26. The lowest BCUT2D eigenvalue weighted by molar-refractivity contribution is -0.384. The Morgan fingerprint density at radius 1 is 1.27 bits per heavy atom. The number of hydrazone groups is 1. The number of carbonyl (C=O) groups is 1. The molecular weight excluding hydrogens is 392 g/mol. The average Bonchev–Trinajstić information content (AvgIpc) is 3.31. The maximum Gasteiger partial charge on any atom is 0.270 e. The first kappa shape index (κ1) is 18.7. The van der Waals surface area contributed by atoms with Crippen LogP contribution in [0.25, 0.3) is 22.6 Å². The zero-order valence-corrected chi connectivity index (χ0v) is 15.3. The van der Waals surface area contributed by atoms with E-state index in [2.05, 4.69) is 30.5 Å². The number of fused-ring (bicyclic) bond motifs is 1. The van der Waals surface area contributed by atoms with Crippen LogP contribution in [0.1, 0.15) is 5.56 Å². The van der Waals surface area contributed by atoms with E-state index in [0.717, 1.165) is 0 Å². The van der Waals surface area contributed by atoms with Gasteiger partial charge in [-0.3, -0.25) is 14.9 Å². The number of amides is 1. The summed E-state index contributed by atoms with van der Waals surface area (Å²) in [5.41, 5.74) is 10.1. The summed E-state index contributed by atoms with van der Waals surface area (Å²) in [6, 6.07) is 13.1. The molecule has 4 rings (SSSR count). The zero-order chi connectivity index (χ0) is 21.1. The number of imidazole rings is 1. The molecule has 2 aromatic heterocycles. The predicted molar refractivity (Wildman–Crippen MR) is 106 cm³/mol. The number of nitrogens with zero attached hydrogens (tertiary/aromatic N) is 6. The molecule has 0 saturated carbocycles. The molecule has 0 aliphatic carbocycles. The van der Waals surface area contributed by atoms with E-state index in [0.29, 0.717) is 22.4 Å². The van der Waals surface area contributed by atoms with Crippen LogP contribution in [-0.4, -0.2) is 36.9 Å². The minimum absolute atomic E-state index is 0.0515. The number of carbonyl (C=O) groups excluding carboxylic acids is 1. The number of nitrogens with two attached hydrogens (primary N) is 1. The summed E-state index contributed by atoms with van der Waals surface area (Å²) in [6.07, 6.45) is 1.32. The monoisotopic (exact) mass is 406 g/mol. The molecule has 0 bridgehead atoms. The highest BCUT2D eigenvalue weighted by atomic mass is 16.6. The molecule has 0 saturated heterocycles. The fourth-order valence-corrected chi connectivity index (χ4v) is 2.84. The Kier molecular flexibility index (Phi) is 4.87. The molecule has 0 atom stereocenters. The SMILES string of the molecule is Nc1nonc1-c1nc2ccccc2n1CC(=O)N/N=C/c1cccc([N+](=O)[O-])c1. The van der Waals surface area contributed by atoms with Crippen LogP contribution in [-0.2, 0) is 11.3 Å². The third-order valence-corrected chi connectivity index (χ3v) is 4.17. The molecule has 0 spiro atoms. The van der Waals surface area contributed by atoms with Gasteiger partial charge in [0.05, 0.1) is 22.2 Å². The molecule has 0 aliphatic heterocycles. The molecule has 0 fully saturated rings. The lowest BCUT2D eigenvalue weighted by Gasteiger charge is -2.06. The van der Waals surface area contributed by atoms with E-state index in [1.807, 2.05) is 12.1 Å². The summed E-state index contributed by atoms with van der Waals surface area (Å²) in [7, 11) is 0.